The van der Waals surface area contributed by atoms with Crippen LogP contribution in [0.15, 0.2) is 24.3 Å². The molecule has 0 unspecified atom stereocenters. The molecule has 1 heterocycles. The molecule has 0 aromatic heterocycles. The molecule has 0 bridgehead atoms. The summed E-state index contributed by atoms with van der Waals surface area (Å²) in [7, 11) is 1.97. The number of carbonyl (C=O) groups excluding carboxylic acids is 2. The predicted octanol–water partition coefficient (Wildman–Crippen LogP) is 3.31. The molecule has 1 aromatic carbocycles. The van der Waals surface area contributed by atoms with Crippen LogP contribution in [0.5, 0.6) is 0 Å². The molecule has 0 radical (unpaired) electrons. The minimum Gasteiger partial charge on any atom is -0.465 e. The molecule has 0 saturated heterocycles. The topological polar surface area (TPSA) is 55.8 Å². The number of anilines is 1. The van der Waals surface area contributed by atoms with E-state index in [0.29, 0.717) is 6.42 Å². The Labute approximate surface area is 155 Å². The zero-order chi connectivity index (χ0) is 19.3. The highest BCUT2D eigenvalue weighted by Gasteiger charge is 2.78. The molecule has 1 aliphatic carbocycles. The minimum absolute atomic E-state index is 0.104. The van der Waals surface area contributed by atoms with Gasteiger partial charge in [-0.2, -0.15) is 0 Å². The van der Waals surface area contributed by atoms with E-state index in [4.69, 9.17) is 9.47 Å². The van der Waals surface area contributed by atoms with Crippen molar-refractivity contribution < 1.29 is 19.1 Å². The second-order valence-corrected chi connectivity index (χ2v) is 7.80. The number of benzene rings is 1. The summed E-state index contributed by atoms with van der Waals surface area (Å²) >= 11 is 0. The standard InChI is InChI=1S/C21H29NO4/c1-7-25-17(23)21(18(24)26-8-2)13-14(3)19(4)15-11-9-10-12-16(15)22(6)20(19,21)5/h9-12,14H,7-8,13H2,1-6H3/t14-,19+,20-/m1/s1. The zero-order valence-corrected chi connectivity index (χ0v) is 16.6. The Morgan fingerprint density at radius 3 is 2.19 bits per heavy atom. The maximum atomic E-state index is 13.3. The van der Waals surface area contributed by atoms with Gasteiger partial charge in [0.05, 0.1) is 18.8 Å². The van der Waals surface area contributed by atoms with Gasteiger partial charge in [0.15, 0.2) is 5.41 Å². The molecule has 26 heavy (non-hydrogen) atoms. The van der Waals surface area contributed by atoms with Crippen molar-refractivity contribution in [2.24, 2.45) is 11.3 Å². The maximum Gasteiger partial charge on any atom is 0.325 e. The number of fused-ring (bicyclic) bond motifs is 3. The van der Waals surface area contributed by atoms with Crippen molar-refractivity contribution >= 4 is 17.6 Å². The van der Waals surface area contributed by atoms with E-state index in [1.54, 1.807) is 13.8 Å². The van der Waals surface area contributed by atoms with Crippen molar-refractivity contribution in [3.63, 3.8) is 0 Å². The predicted molar refractivity (Wildman–Crippen MR) is 100 cm³/mol. The Morgan fingerprint density at radius 2 is 1.65 bits per heavy atom. The van der Waals surface area contributed by atoms with Crippen LogP contribution < -0.4 is 4.90 Å². The van der Waals surface area contributed by atoms with E-state index in [0.717, 1.165) is 5.69 Å². The molecule has 1 aromatic rings. The van der Waals surface area contributed by atoms with Crippen LogP contribution in [-0.2, 0) is 24.5 Å². The van der Waals surface area contributed by atoms with Gasteiger partial charge < -0.3 is 14.4 Å². The number of likely N-dealkylation sites (N-methyl/N-ethyl adjacent to an activating group) is 1. The largest absolute Gasteiger partial charge is 0.465 e. The lowest BCUT2D eigenvalue weighted by atomic mass is 9.61. The van der Waals surface area contributed by atoms with Crippen LogP contribution in [0.25, 0.3) is 0 Å². The number of ether oxygens (including phenoxy) is 2. The molecule has 2 aliphatic rings. The molecular weight excluding hydrogens is 330 g/mol. The first kappa shape index (κ1) is 18.7. The average Bonchev–Trinajstić information content (AvgIpc) is 2.92. The zero-order valence-electron chi connectivity index (χ0n) is 16.6. The fourth-order valence-corrected chi connectivity index (χ4v) is 5.55. The summed E-state index contributed by atoms with van der Waals surface area (Å²) in [5.41, 5.74) is -0.282. The van der Waals surface area contributed by atoms with Gasteiger partial charge in [0, 0.05) is 18.2 Å². The van der Waals surface area contributed by atoms with E-state index in [9.17, 15) is 9.59 Å². The fourth-order valence-electron chi connectivity index (χ4n) is 5.55. The number of rotatable bonds is 4. The third-order valence-electron chi connectivity index (χ3n) is 7.18. The minimum atomic E-state index is -1.36. The van der Waals surface area contributed by atoms with Crippen molar-refractivity contribution in [3.05, 3.63) is 29.8 Å². The highest BCUT2D eigenvalue weighted by molar-refractivity contribution is 6.04. The van der Waals surface area contributed by atoms with Crippen LogP contribution in [0.3, 0.4) is 0 Å². The summed E-state index contributed by atoms with van der Waals surface area (Å²) in [6, 6.07) is 8.17. The van der Waals surface area contributed by atoms with E-state index in [2.05, 4.69) is 30.9 Å². The molecule has 0 amide bonds. The van der Waals surface area contributed by atoms with Crippen LogP contribution in [-0.4, -0.2) is 37.7 Å². The van der Waals surface area contributed by atoms with Crippen molar-refractivity contribution in [2.45, 2.75) is 52.0 Å². The first-order chi connectivity index (χ1) is 12.2. The molecule has 1 fully saturated rings. The lowest BCUT2D eigenvalue weighted by molar-refractivity contribution is -0.176. The van der Waals surface area contributed by atoms with Gasteiger partial charge >= 0.3 is 11.9 Å². The Bertz CT molecular complexity index is 727. The lowest BCUT2D eigenvalue weighted by Crippen LogP contribution is -2.66. The number of carbonyl (C=O) groups is 2. The van der Waals surface area contributed by atoms with Crippen LogP contribution in [0.2, 0.25) is 0 Å². The highest BCUT2D eigenvalue weighted by Crippen LogP contribution is 2.69. The SMILES string of the molecule is CCOC(=O)C1(C(=O)OCC)C[C@@H](C)[C@@]2(C)c3ccccc3N(C)[C@@]12C. The van der Waals surface area contributed by atoms with Crippen LogP contribution in [0.4, 0.5) is 5.69 Å². The number of nitrogens with zero attached hydrogens (tertiary/aromatic N) is 1. The Balaban J connectivity index is 2.30. The fraction of sp³-hybridized carbons (Fsp3) is 0.619. The van der Waals surface area contributed by atoms with Gasteiger partial charge in [0.1, 0.15) is 0 Å². The van der Waals surface area contributed by atoms with Crippen LogP contribution in [0, 0.1) is 11.3 Å². The summed E-state index contributed by atoms with van der Waals surface area (Å²) in [4.78, 5) is 28.6. The molecule has 1 saturated carbocycles. The summed E-state index contributed by atoms with van der Waals surface area (Å²) in [6.07, 6.45) is 0.413. The Kier molecular flexibility index (Phi) is 4.32. The molecule has 5 nitrogen and oxygen atoms in total. The summed E-state index contributed by atoms with van der Waals surface area (Å²) in [5, 5.41) is 0. The molecule has 142 valence electrons. The first-order valence-corrected chi connectivity index (χ1v) is 9.41. The van der Waals surface area contributed by atoms with Gasteiger partial charge in [0.25, 0.3) is 0 Å². The Hall–Kier alpha value is -2.04. The van der Waals surface area contributed by atoms with Crippen molar-refractivity contribution in [3.8, 4) is 0 Å². The third-order valence-corrected chi connectivity index (χ3v) is 7.18. The second kappa shape index (κ2) is 6.00. The number of para-hydroxylation sites is 1. The van der Waals surface area contributed by atoms with E-state index >= 15 is 0 Å². The second-order valence-electron chi connectivity index (χ2n) is 7.80. The maximum absolute atomic E-state index is 13.3. The third kappa shape index (κ3) is 1.86. The number of esters is 2. The van der Waals surface area contributed by atoms with Crippen molar-refractivity contribution in [2.75, 3.05) is 25.2 Å². The average molecular weight is 359 g/mol. The first-order valence-electron chi connectivity index (χ1n) is 9.41. The highest BCUT2D eigenvalue weighted by atomic mass is 16.6. The molecule has 5 heteroatoms. The van der Waals surface area contributed by atoms with Crippen LogP contribution >= 0.6 is 0 Å². The normalized spacial score (nSPS) is 31.3. The lowest BCUT2D eigenvalue weighted by Gasteiger charge is -2.49. The smallest absolute Gasteiger partial charge is 0.325 e. The van der Waals surface area contributed by atoms with Gasteiger partial charge in [-0.3, -0.25) is 9.59 Å². The van der Waals surface area contributed by atoms with Gasteiger partial charge in [-0.1, -0.05) is 32.0 Å². The van der Waals surface area contributed by atoms with Gasteiger partial charge in [-0.05, 0) is 44.7 Å². The summed E-state index contributed by atoms with van der Waals surface area (Å²) in [6.45, 7) is 10.3. The summed E-state index contributed by atoms with van der Waals surface area (Å²) < 4.78 is 10.9. The van der Waals surface area contributed by atoms with Crippen LogP contribution in [0.1, 0.15) is 46.6 Å². The van der Waals surface area contributed by atoms with E-state index in [1.807, 2.05) is 26.1 Å². The molecule has 1 aliphatic heterocycles. The quantitative estimate of drug-likeness (QED) is 0.610. The number of hydrogen-bond acceptors (Lipinski definition) is 5. The molecule has 0 N–H and O–H groups in total. The van der Waals surface area contributed by atoms with E-state index in [-0.39, 0.29) is 24.5 Å². The van der Waals surface area contributed by atoms with E-state index in [1.165, 1.54) is 5.56 Å². The van der Waals surface area contributed by atoms with Gasteiger partial charge in [-0.25, -0.2) is 0 Å². The van der Waals surface area contributed by atoms with Crippen molar-refractivity contribution in [1.29, 1.82) is 0 Å². The summed E-state index contributed by atoms with van der Waals surface area (Å²) in [5.74, 6) is -0.847. The van der Waals surface area contributed by atoms with Gasteiger partial charge in [0.2, 0.25) is 0 Å². The Morgan fingerprint density at radius 1 is 1.12 bits per heavy atom. The molecule has 0 spiro atoms. The van der Waals surface area contributed by atoms with Gasteiger partial charge in [-0.15, -0.1) is 0 Å². The van der Waals surface area contributed by atoms with Crippen molar-refractivity contribution in [1.82, 2.24) is 0 Å². The molecular formula is C21H29NO4. The molecule has 3 atom stereocenters. The van der Waals surface area contributed by atoms with E-state index < -0.39 is 22.9 Å². The number of hydrogen-bond donors (Lipinski definition) is 0. The molecule has 3 rings (SSSR count). The monoisotopic (exact) mass is 359 g/mol.